The van der Waals surface area contributed by atoms with Gasteiger partial charge in [-0.3, -0.25) is 4.79 Å². The van der Waals surface area contributed by atoms with Gasteiger partial charge in [-0.25, -0.2) is 22.6 Å². The molecule has 0 aliphatic carbocycles. The highest BCUT2D eigenvalue weighted by Gasteiger charge is 2.21. The van der Waals surface area contributed by atoms with Gasteiger partial charge in [-0.15, -0.1) is 5.10 Å². The number of imidazole rings is 1. The summed E-state index contributed by atoms with van der Waals surface area (Å²) >= 11 is 0. The zero-order valence-corrected chi connectivity index (χ0v) is 23.0. The van der Waals surface area contributed by atoms with Crippen LogP contribution in [0.25, 0.3) is 16.9 Å². The Bertz CT molecular complexity index is 1550. The van der Waals surface area contributed by atoms with Gasteiger partial charge >= 0.3 is 0 Å². The summed E-state index contributed by atoms with van der Waals surface area (Å²) in [6.45, 7) is 6.34. The molecule has 10 heteroatoms. The first-order valence-corrected chi connectivity index (χ1v) is 14.6. The van der Waals surface area contributed by atoms with Crippen molar-refractivity contribution in [3.05, 3.63) is 76.0 Å². The van der Waals surface area contributed by atoms with E-state index in [9.17, 15) is 13.2 Å². The maximum absolute atomic E-state index is 13.1. The summed E-state index contributed by atoms with van der Waals surface area (Å²) in [5.74, 6) is 1.36. The fraction of sp³-hybridized carbons (Fsp3) is 0.393. The van der Waals surface area contributed by atoms with Gasteiger partial charge in [-0.2, -0.15) is 0 Å². The molecule has 2 N–H and O–H groups in total. The average Bonchev–Trinajstić information content (AvgIpc) is 3.24. The molecule has 0 atom stereocenters. The quantitative estimate of drug-likeness (QED) is 0.237. The Labute approximate surface area is 223 Å². The fourth-order valence-corrected chi connectivity index (χ4v) is 5.45. The van der Waals surface area contributed by atoms with Crippen molar-refractivity contribution in [2.24, 2.45) is 0 Å². The summed E-state index contributed by atoms with van der Waals surface area (Å²) in [4.78, 5) is 20.6. The first-order chi connectivity index (χ1) is 18.3. The van der Waals surface area contributed by atoms with Crippen LogP contribution in [-0.4, -0.2) is 34.6 Å². The molecule has 0 fully saturated rings. The first kappa shape index (κ1) is 27.5. The van der Waals surface area contributed by atoms with Crippen LogP contribution in [0.1, 0.15) is 63.0 Å². The van der Waals surface area contributed by atoms with E-state index < -0.39 is 10.0 Å². The Morgan fingerprint density at radius 2 is 1.79 bits per heavy atom. The zero-order valence-electron chi connectivity index (χ0n) is 22.2. The van der Waals surface area contributed by atoms with Crippen molar-refractivity contribution in [1.29, 1.82) is 0 Å². The number of nitrogens with one attached hydrogen (secondary N) is 2. The summed E-state index contributed by atoms with van der Waals surface area (Å²) in [7, 11) is -3.84. The molecular weight excluding hydrogens is 502 g/mol. The van der Waals surface area contributed by atoms with Crippen molar-refractivity contribution >= 4 is 15.5 Å². The molecule has 0 radical (unpaired) electrons. The SMILES string of the molecule is CCCCCCCc1nc(C)c2c(=O)[nH]c(-c3cc(S(=O)(=O)NCc4ccccc4)ccc3OCC)nn12. The molecule has 0 bridgehead atoms. The van der Waals surface area contributed by atoms with Crippen LogP contribution in [0.15, 0.2) is 58.2 Å². The molecule has 4 aromatic rings. The number of aryl methyl sites for hydroxylation is 2. The molecule has 0 saturated heterocycles. The van der Waals surface area contributed by atoms with E-state index in [2.05, 4.69) is 21.6 Å². The van der Waals surface area contributed by atoms with Crippen LogP contribution in [-0.2, 0) is 23.0 Å². The molecule has 4 rings (SSSR count). The van der Waals surface area contributed by atoms with E-state index in [1.54, 1.807) is 17.5 Å². The van der Waals surface area contributed by atoms with Gasteiger partial charge in [-0.05, 0) is 44.0 Å². The highest BCUT2D eigenvalue weighted by molar-refractivity contribution is 7.89. The summed E-state index contributed by atoms with van der Waals surface area (Å²) < 4.78 is 36.3. The molecule has 0 amide bonds. The third-order valence-electron chi connectivity index (χ3n) is 6.37. The van der Waals surface area contributed by atoms with Crippen LogP contribution in [0, 0.1) is 6.92 Å². The lowest BCUT2D eigenvalue weighted by atomic mass is 10.1. The van der Waals surface area contributed by atoms with Gasteiger partial charge in [0.25, 0.3) is 5.56 Å². The molecule has 0 aliphatic heterocycles. The Kier molecular flexibility index (Phi) is 8.96. The standard InChI is InChI=1S/C28H35N5O4S/c1-4-6-7-8-12-15-25-30-20(3)26-28(34)31-27(32-33(25)26)23-18-22(16-17-24(23)37-5-2)38(35,36)29-19-21-13-10-9-11-14-21/h9-11,13-14,16-18,29H,4-8,12,15,19H2,1-3H3,(H,31,32,34). The maximum atomic E-state index is 13.1. The Balaban J connectivity index is 1.70. The number of rotatable bonds is 13. The van der Waals surface area contributed by atoms with Crippen LogP contribution in [0.3, 0.4) is 0 Å². The van der Waals surface area contributed by atoms with Crippen molar-refractivity contribution in [3.8, 4) is 17.1 Å². The normalized spacial score (nSPS) is 11.8. The second-order valence-corrected chi connectivity index (χ2v) is 11.0. The minimum atomic E-state index is -3.84. The number of aromatic amines is 1. The van der Waals surface area contributed by atoms with E-state index >= 15 is 0 Å². The van der Waals surface area contributed by atoms with E-state index in [4.69, 9.17) is 9.84 Å². The number of hydrogen-bond acceptors (Lipinski definition) is 6. The van der Waals surface area contributed by atoms with Crippen LogP contribution >= 0.6 is 0 Å². The van der Waals surface area contributed by atoms with Crippen LogP contribution in [0.2, 0.25) is 0 Å². The Morgan fingerprint density at radius 3 is 2.53 bits per heavy atom. The Hall–Kier alpha value is -3.50. The van der Waals surface area contributed by atoms with E-state index in [0.717, 1.165) is 24.8 Å². The number of aromatic nitrogens is 4. The number of ether oxygens (including phenoxy) is 1. The van der Waals surface area contributed by atoms with Gasteiger partial charge in [0.1, 0.15) is 11.6 Å². The van der Waals surface area contributed by atoms with Gasteiger partial charge in [0, 0.05) is 13.0 Å². The number of sulfonamides is 1. The van der Waals surface area contributed by atoms with Crippen molar-refractivity contribution in [2.45, 2.75) is 70.7 Å². The topological polar surface area (TPSA) is 118 Å². The van der Waals surface area contributed by atoms with Gasteiger partial charge in [0.05, 0.1) is 22.8 Å². The average molecular weight is 538 g/mol. The summed E-state index contributed by atoms with van der Waals surface area (Å²) in [5, 5.41) is 4.71. The number of H-pyrrole nitrogens is 1. The summed E-state index contributed by atoms with van der Waals surface area (Å²) in [6, 6.07) is 13.9. The monoisotopic (exact) mass is 537 g/mol. The minimum Gasteiger partial charge on any atom is -0.493 e. The highest BCUT2D eigenvalue weighted by Crippen LogP contribution is 2.30. The smallest absolute Gasteiger partial charge is 0.277 e. The lowest BCUT2D eigenvalue weighted by Gasteiger charge is -2.13. The molecule has 0 saturated carbocycles. The summed E-state index contributed by atoms with van der Waals surface area (Å²) in [5.41, 5.74) is 1.89. The third-order valence-corrected chi connectivity index (χ3v) is 7.77. The van der Waals surface area contributed by atoms with Crippen molar-refractivity contribution in [1.82, 2.24) is 24.3 Å². The molecular formula is C28H35N5O4S. The lowest BCUT2D eigenvalue weighted by molar-refractivity contribution is 0.341. The van der Waals surface area contributed by atoms with E-state index in [1.807, 2.05) is 37.3 Å². The zero-order chi connectivity index (χ0) is 27.1. The maximum Gasteiger partial charge on any atom is 0.277 e. The first-order valence-electron chi connectivity index (χ1n) is 13.1. The number of fused-ring (bicyclic) bond motifs is 1. The van der Waals surface area contributed by atoms with Gasteiger partial charge in [0.2, 0.25) is 10.0 Å². The van der Waals surface area contributed by atoms with Crippen molar-refractivity contribution in [2.75, 3.05) is 6.61 Å². The van der Waals surface area contributed by atoms with Gasteiger partial charge in [0.15, 0.2) is 11.3 Å². The highest BCUT2D eigenvalue weighted by atomic mass is 32.2. The number of unbranched alkanes of at least 4 members (excludes halogenated alkanes) is 4. The molecule has 2 heterocycles. The minimum absolute atomic E-state index is 0.0487. The number of nitrogens with zero attached hydrogens (tertiary/aromatic N) is 3. The van der Waals surface area contributed by atoms with E-state index in [1.165, 1.54) is 25.0 Å². The molecule has 9 nitrogen and oxygen atoms in total. The lowest BCUT2D eigenvalue weighted by Crippen LogP contribution is -2.23. The van der Waals surface area contributed by atoms with E-state index in [0.29, 0.717) is 41.4 Å². The Morgan fingerprint density at radius 1 is 1.03 bits per heavy atom. The molecule has 0 spiro atoms. The molecule has 202 valence electrons. The van der Waals surface area contributed by atoms with Crippen molar-refractivity contribution in [3.63, 3.8) is 0 Å². The van der Waals surface area contributed by atoms with E-state index in [-0.39, 0.29) is 22.8 Å². The van der Waals surface area contributed by atoms with Crippen LogP contribution in [0.5, 0.6) is 5.75 Å². The fourth-order valence-electron chi connectivity index (χ4n) is 4.41. The molecule has 38 heavy (non-hydrogen) atoms. The third kappa shape index (κ3) is 6.31. The van der Waals surface area contributed by atoms with Gasteiger partial charge < -0.3 is 9.72 Å². The van der Waals surface area contributed by atoms with Crippen LogP contribution in [0.4, 0.5) is 0 Å². The van der Waals surface area contributed by atoms with Crippen LogP contribution < -0.4 is 15.0 Å². The molecule has 2 aromatic carbocycles. The molecule has 2 aromatic heterocycles. The van der Waals surface area contributed by atoms with Gasteiger partial charge in [-0.1, -0.05) is 62.9 Å². The molecule has 0 aliphatic rings. The predicted octanol–water partition coefficient (Wildman–Crippen LogP) is 4.78. The summed E-state index contributed by atoms with van der Waals surface area (Å²) in [6.07, 6.45) is 6.27. The second-order valence-electron chi connectivity index (χ2n) is 9.24. The molecule has 0 unspecified atom stereocenters. The number of hydrogen-bond donors (Lipinski definition) is 2. The number of benzene rings is 2. The van der Waals surface area contributed by atoms with Crippen molar-refractivity contribution < 1.29 is 13.2 Å². The largest absolute Gasteiger partial charge is 0.493 e. The predicted molar refractivity (Wildman–Crippen MR) is 148 cm³/mol. The second kappa shape index (κ2) is 12.4.